The van der Waals surface area contributed by atoms with E-state index in [4.69, 9.17) is 0 Å². The van der Waals surface area contributed by atoms with Gasteiger partial charge < -0.3 is 4.90 Å². The van der Waals surface area contributed by atoms with Crippen molar-refractivity contribution >= 4 is 5.91 Å². The molecule has 7 heteroatoms. The number of benzene rings is 1. The predicted molar refractivity (Wildman–Crippen MR) is 82.6 cm³/mol. The molecule has 24 heavy (non-hydrogen) atoms. The van der Waals surface area contributed by atoms with Gasteiger partial charge in [-0.2, -0.15) is 18.3 Å². The molecule has 0 atom stereocenters. The zero-order valence-corrected chi connectivity index (χ0v) is 13.2. The van der Waals surface area contributed by atoms with Gasteiger partial charge in [0.15, 0.2) is 0 Å². The lowest BCUT2D eigenvalue weighted by atomic mass is 9.88. The summed E-state index contributed by atoms with van der Waals surface area (Å²) < 4.78 is 37.9. The number of H-pyrrole nitrogens is 1. The van der Waals surface area contributed by atoms with Gasteiger partial charge in [0, 0.05) is 18.8 Å². The lowest BCUT2D eigenvalue weighted by Gasteiger charge is -2.32. The van der Waals surface area contributed by atoms with E-state index in [2.05, 4.69) is 10.2 Å². The number of piperidine rings is 1. The molecule has 1 aliphatic heterocycles. The second kappa shape index (κ2) is 6.30. The average molecular weight is 337 g/mol. The Balaban J connectivity index is 1.63. The number of rotatable bonds is 2. The van der Waals surface area contributed by atoms with Gasteiger partial charge in [0.05, 0.1) is 17.3 Å². The fourth-order valence-corrected chi connectivity index (χ4v) is 3.10. The third-order valence-corrected chi connectivity index (χ3v) is 4.55. The first kappa shape index (κ1) is 16.5. The van der Waals surface area contributed by atoms with Crippen molar-refractivity contribution < 1.29 is 18.0 Å². The molecule has 0 saturated carbocycles. The normalized spacial score (nSPS) is 16.4. The number of nitrogens with one attached hydrogen (secondary N) is 1. The second-order valence-corrected chi connectivity index (χ2v) is 6.09. The van der Waals surface area contributed by atoms with Gasteiger partial charge in [-0.3, -0.25) is 9.89 Å². The SMILES string of the molecule is Cc1[nH]ncc1C(=O)N1CCC(c2ccc(C(F)(F)F)cc2)CC1. The Morgan fingerprint density at radius 1 is 1.21 bits per heavy atom. The molecule has 2 aromatic rings. The van der Waals surface area contributed by atoms with Crippen molar-refractivity contribution in [1.29, 1.82) is 0 Å². The summed E-state index contributed by atoms with van der Waals surface area (Å²) >= 11 is 0. The van der Waals surface area contributed by atoms with Gasteiger partial charge in [-0.25, -0.2) is 0 Å². The highest BCUT2D eigenvalue weighted by atomic mass is 19.4. The van der Waals surface area contributed by atoms with Crippen LogP contribution in [0.4, 0.5) is 13.2 Å². The number of nitrogens with zero attached hydrogens (tertiary/aromatic N) is 2. The van der Waals surface area contributed by atoms with E-state index in [9.17, 15) is 18.0 Å². The number of halogens is 3. The van der Waals surface area contributed by atoms with Crippen LogP contribution in [0.25, 0.3) is 0 Å². The summed E-state index contributed by atoms with van der Waals surface area (Å²) in [5.74, 6) is 0.133. The zero-order chi connectivity index (χ0) is 17.3. The number of aromatic nitrogens is 2. The van der Waals surface area contributed by atoms with Crippen LogP contribution < -0.4 is 0 Å². The summed E-state index contributed by atoms with van der Waals surface area (Å²) in [6, 6.07) is 5.35. The monoisotopic (exact) mass is 337 g/mol. The van der Waals surface area contributed by atoms with Crippen molar-refractivity contribution in [2.24, 2.45) is 0 Å². The lowest BCUT2D eigenvalue weighted by molar-refractivity contribution is -0.137. The van der Waals surface area contributed by atoms with Crippen molar-refractivity contribution in [3.63, 3.8) is 0 Å². The number of likely N-dealkylation sites (tertiary alicyclic amines) is 1. The average Bonchev–Trinajstić information content (AvgIpc) is 3.00. The van der Waals surface area contributed by atoms with E-state index in [1.54, 1.807) is 24.0 Å². The molecule has 1 aromatic carbocycles. The Morgan fingerprint density at radius 2 is 1.83 bits per heavy atom. The number of amides is 1. The van der Waals surface area contributed by atoms with E-state index >= 15 is 0 Å². The Labute approximate surface area is 137 Å². The Morgan fingerprint density at radius 3 is 2.33 bits per heavy atom. The van der Waals surface area contributed by atoms with Gasteiger partial charge in [0.25, 0.3) is 5.91 Å². The summed E-state index contributed by atoms with van der Waals surface area (Å²) in [5.41, 5.74) is 1.58. The third kappa shape index (κ3) is 3.29. The molecule has 1 saturated heterocycles. The predicted octanol–water partition coefficient (Wildman–Crippen LogP) is 3.76. The van der Waals surface area contributed by atoms with Crippen LogP contribution in [0.2, 0.25) is 0 Å². The van der Waals surface area contributed by atoms with Gasteiger partial charge in [-0.1, -0.05) is 12.1 Å². The first-order valence-electron chi connectivity index (χ1n) is 7.82. The minimum Gasteiger partial charge on any atom is -0.338 e. The summed E-state index contributed by atoms with van der Waals surface area (Å²) in [5, 5.41) is 6.62. The highest BCUT2D eigenvalue weighted by Gasteiger charge is 2.31. The molecular formula is C17H18F3N3O. The van der Waals surface area contributed by atoms with Crippen LogP contribution in [0.5, 0.6) is 0 Å². The lowest BCUT2D eigenvalue weighted by Crippen LogP contribution is -2.38. The van der Waals surface area contributed by atoms with E-state index in [0.717, 1.165) is 36.2 Å². The number of aromatic amines is 1. The molecule has 0 unspecified atom stereocenters. The number of hydrogen-bond donors (Lipinski definition) is 1. The van der Waals surface area contributed by atoms with E-state index in [0.29, 0.717) is 18.7 Å². The molecule has 1 aromatic heterocycles. The second-order valence-electron chi connectivity index (χ2n) is 6.09. The molecule has 0 bridgehead atoms. The van der Waals surface area contributed by atoms with Crippen molar-refractivity contribution in [2.45, 2.75) is 31.9 Å². The maximum atomic E-state index is 12.6. The van der Waals surface area contributed by atoms with Crippen molar-refractivity contribution in [1.82, 2.24) is 15.1 Å². The quantitative estimate of drug-likeness (QED) is 0.907. The van der Waals surface area contributed by atoms with Crippen LogP contribution in [-0.2, 0) is 6.18 Å². The van der Waals surface area contributed by atoms with E-state index in [1.165, 1.54) is 6.20 Å². The van der Waals surface area contributed by atoms with E-state index < -0.39 is 11.7 Å². The van der Waals surface area contributed by atoms with Gasteiger partial charge in [-0.05, 0) is 43.4 Å². The molecule has 1 aliphatic rings. The van der Waals surface area contributed by atoms with Crippen molar-refractivity contribution in [3.05, 3.63) is 52.8 Å². The number of carbonyl (C=O) groups is 1. The molecule has 1 amide bonds. The molecule has 128 valence electrons. The molecule has 1 N–H and O–H groups in total. The molecule has 0 aliphatic carbocycles. The van der Waals surface area contributed by atoms with Crippen LogP contribution in [0.3, 0.4) is 0 Å². The van der Waals surface area contributed by atoms with Gasteiger partial charge in [0.1, 0.15) is 0 Å². The highest BCUT2D eigenvalue weighted by molar-refractivity contribution is 5.95. The maximum absolute atomic E-state index is 12.6. The van der Waals surface area contributed by atoms with Crippen LogP contribution in [-0.4, -0.2) is 34.1 Å². The molecule has 4 nitrogen and oxygen atoms in total. The molecule has 0 spiro atoms. The molecule has 0 radical (unpaired) electrons. The number of alkyl halides is 3. The van der Waals surface area contributed by atoms with Crippen molar-refractivity contribution in [2.75, 3.05) is 13.1 Å². The minimum absolute atomic E-state index is 0.0490. The topological polar surface area (TPSA) is 49.0 Å². The zero-order valence-electron chi connectivity index (χ0n) is 13.2. The summed E-state index contributed by atoms with van der Waals surface area (Å²) in [6.07, 6.45) is -1.29. The fourth-order valence-electron chi connectivity index (χ4n) is 3.10. The largest absolute Gasteiger partial charge is 0.416 e. The number of aryl methyl sites for hydroxylation is 1. The summed E-state index contributed by atoms with van der Waals surface area (Å²) in [4.78, 5) is 14.2. The van der Waals surface area contributed by atoms with Crippen LogP contribution in [0.15, 0.2) is 30.5 Å². The van der Waals surface area contributed by atoms with Gasteiger partial charge in [0.2, 0.25) is 0 Å². The first-order valence-corrected chi connectivity index (χ1v) is 7.82. The molecular weight excluding hydrogens is 319 g/mol. The van der Waals surface area contributed by atoms with Crippen LogP contribution >= 0.6 is 0 Å². The molecule has 3 rings (SSSR count). The summed E-state index contributed by atoms with van der Waals surface area (Å²) in [6.45, 7) is 2.99. The Bertz CT molecular complexity index is 713. The fraction of sp³-hybridized carbons (Fsp3) is 0.412. The maximum Gasteiger partial charge on any atom is 0.416 e. The van der Waals surface area contributed by atoms with Crippen LogP contribution in [0, 0.1) is 6.92 Å². The molecule has 1 fully saturated rings. The molecule has 2 heterocycles. The van der Waals surface area contributed by atoms with E-state index in [-0.39, 0.29) is 11.8 Å². The first-order chi connectivity index (χ1) is 11.4. The Kier molecular flexibility index (Phi) is 4.34. The smallest absolute Gasteiger partial charge is 0.338 e. The van der Waals surface area contributed by atoms with Gasteiger partial charge >= 0.3 is 6.18 Å². The van der Waals surface area contributed by atoms with Gasteiger partial charge in [-0.15, -0.1) is 0 Å². The Hall–Kier alpha value is -2.31. The minimum atomic E-state index is -4.31. The van der Waals surface area contributed by atoms with E-state index in [1.807, 2.05) is 0 Å². The van der Waals surface area contributed by atoms with Crippen molar-refractivity contribution in [3.8, 4) is 0 Å². The highest BCUT2D eigenvalue weighted by Crippen LogP contribution is 2.33. The standard InChI is InChI=1S/C17H18F3N3O/c1-11-15(10-21-22-11)16(24)23-8-6-13(7-9-23)12-2-4-14(5-3-12)17(18,19)20/h2-5,10,13H,6-9H2,1H3,(H,21,22). The van der Waals surface area contributed by atoms with Crippen LogP contribution in [0.1, 0.15) is 45.9 Å². The third-order valence-electron chi connectivity index (χ3n) is 4.55. The number of carbonyl (C=O) groups excluding carboxylic acids is 1. The number of hydrogen-bond acceptors (Lipinski definition) is 2. The summed E-state index contributed by atoms with van der Waals surface area (Å²) in [7, 11) is 0.